The molecule has 0 aliphatic heterocycles. The summed E-state index contributed by atoms with van der Waals surface area (Å²) >= 11 is 0. The zero-order chi connectivity index (χ0) is 17.5. The second-order valence-electron chi connectivity index (χ2n) is 5.10. The lowest BCUT2D eigenvalue weighted by Gasteiger charge is -2.22. The fourth-order valence-corrected chi connectivity index (χ4v) is 3.85. The van der Waals surface area contributed by atoms with Crippen molar-refractivity contribution in [3.63, 3.8) is 0 Å². The number of aromatic nitrogens is 2. The summed E-state index contributed by atoms with van der Waals surface area (Å²) in [6.45, 7) is 0. The van der Waals surface area contributed by atoms with Gasteiger partial charge in [0, 0.05) is 24.1 Å². The van der Waals surface area contributed by atoms with Crippen LogP contribution in [0.15, 0.2) is 41.6 Å². The predicted molar refractivity (Wildman–Crippen MR) is 94.0 cm³/mol. The van der Waals surface area contributed by atoms with E-state index in [9.17, 15) is 15.0 Å². The van der Waals surface area contributed by atoms with Gasteiger partial charge >= 0.3 is 5.97 Å². The minimum atomic E-state index is -0.551. The van der Waals surface area contributed by atoms with Gasteiger partial charge < -0.3 is 15.1 Å². The van der Waals surface area contributed by atoms with E-state index in [-0.39, 0.29) is 11.8 Å². The maximum Gasteiger partial charge on any atom is 0.350 e. The second kappa shape index (κ2) is 8.86. The van der Waals surface area contributed by atoms with Crippen LogP contribution in [-0.4, -0.2) is 56.7 Å². The van der Waals surface area contributed by atoms with Crippen molar-refractivity contribution in [3.05, 3.63) is 36.5 Å². The molecule has 0 amide bonds. The summed E-state index contributed by atoms with van der Waals surface area (Å²) in [5, 5.41) is 20.0. The van der Waals surface area contributed by atoms with Crippen LogP contribution in [0.25, 0.3) is 0 Å². The van der Waals surface area contributed by atoms with Gasteiger partial charge in [-0.3, -0.25) is 4.90 Å². The van der Waals surface area contributed by atoms with Crippen molar-refractivity contribution < 1.29 is 19.8 Å². The fourth-order valence-electron chi connectivity index (χ4n) is 1.89. The molecule has 0 radical (unpaired) electrons. The van der Waals surface area contributed by atoms with Crippen LogP contribution in [0.2, 0.25) is 0 Å². The summed E-state index contributed by atoms with van der Waals surface area (Å²) in [6.07, 6.45) is 2.29. The van der Waals surface area contributed by atoms with E-state index < -0.39 is 12.0 Å². The third-order valence-corrected chi connectivity index (χ3v) is 5.43. The van der Waals surface area contributed by atoms with Crippen LogP contribution >= 0.6 is 21.6 Å². The first-order valence-corrected chi connectivity index (χ1v) is 9.49. The summed E-state index contributed by atoms with van der Waals surface area (Å²) in [7, 11) is 6.70. The van der Waals surface area contributed by atoms with Gasteiger partial charge in [0.15, 0.2) is 0 Å². The quantitative estimate of drug-likeness (QED) is 0.540. The summed E-state index contributed by atoms with van der Waals surface area (Å²) in [6, 6.07) is 7.69. The van der Waals surface area contributed by atoms with E-state index in [0.29, 0.717) is 16.9 Å². The van der Waals surface area contributed by atoms with Crippen molar-refractivity contribution in [1.29, 1.82) is 0 Å². The van der Waals surface area contributed by atoms with Crippen LogP contribution in [-0.2, 0) is 4.79 Å². The smallest absolute Gasteiger partial charge is 0.350 e. The number of carbonyl (C=O) groups is 1. The van der Waals surface area contributed by atoms with Crippen molar-refractivity contribution in [2.24, 2.45) is 0 Å². The molecule has 2 heterocycles. The average Bonchev–Trinajstić information content (AvgIpc) is 2.87. The molecule has 7 nitrogen and oxygen atoms in total. The molecule has 0 saturated carbocycles. The Kier molecular flexibility index (Phi) is 6.83. The van der Waals surface area contributed by atoms with E-state index in [0.717, 1.165) is 5.03 Å². The highest BCUT2D eigenvalue weighted by Crippen LogP contribution is 2.30. The topological polar surface area (TPSA) is 87.8 Å². The van der Waals surface area contributed by atoms with Crippen LogP contribution in [0.4, 0.5) is 0 Å². The molecule has 0 aromatic carbocycles. The van der Waals surface area contributed by atoms with Gasteiger partial charge in [-0.2, -0.15) is 0 Å². The third kappa shape index (κ3) is 5.08. The highest BCUT2D eigenvalue weighted by molar-refractivity contribution is 8.76. The molecular weight excluding hydrogens is 350 g/mol. The number of pyridine rings is 1. The zero-order valence-electron chi connectivity index (χ0n) is 13.3. The molecule has 2 aromatic rings. The van der Waals surface area contributed by atoms with Crippen LogP contribution in [0, 0.1) is 0 Å². The molecule has 0 fully saturated rings. The van der Waals surface area contributed by atoms with Crippen molar-refractivity contribution in [1.82, 2.24) is 14.6 Å². The molecule has 1 unspecified atom stereocenters. The molecule has 2 aromatic heterocycles. The molecule has 24 heavy (non-hydrogen) atoms. The first kappa shape index (κ1) is 18.5. The average molecular weight is 369 g/mol. The highest BCUT2D eigenvalue weighted by Gasteiger charge is 2.25. The molecule has 2 N–H and O–H groups in total. The van der Waals surface area contributed by atoms with Crippen molar-refractivity contribution in [3.8, 4) is 11.8 Å². The first-order valence-electron chi connectivity index (χ1n) is 7.18. The molecule has 9 heteroatoms. The van der Waals surface area contributed by atoms with Crippen molar-refractivity contribution in [2.45, 2.75) is 17.5 Å². The lowest BCUT2D eigenvalue weighted by molar-refractivity contribution is -0.150. The second-order valence-corrected chi connectivity index (χ2v) is 7.53. The number of carbonyl (C=O) groups excluding carboxylic acids is 1. The van der Waals surface area contributed by atoms with E-state index in [1.807, 2.05) is 18.2 Å². The number of aromatic hydroxyl groups is 2. The monoisotopic (exact) mass is 369 g/mol. The first-order chi connectivity index (χ1) is 11.5. The standard InChI is InChI=1S/C15H19N3O4S2/c1-17(2)11(8-10-23-24-12-5-3-4-9-16-12)15(21)22-18-13(19)6-7-14(18)20/h3-7,9,11,19-20H,8,10H2,1-2H3. The Labute approximate surface area is 148 Å². The molecule has 0 bridgehead atoms. The van der Waals surface area contributed by atoms with Crippen LogP contribution in [0.3, 0.4) is 0 Å². The summed E-state index contributed by atoms with van der Waals surface area (Å²) < 4.78 is 0.703. The number of rotatable bonds is 8. The largest absolute Gasteiger partial charge is 0.492 e. The molecular formula is C15H19N3O4S2. The van der Waals surface area contributed by atoms with Gasteiger partial charge in [0.25, 0.3) is 0 Å². The van der Waals surface area contributed by atoms with Crippen molar-refractivity contribution >= 4 is 27.6 Å². The summed E-state index contributed by atoms with van der Waals surface area (Å²) in [4.78, 5) is 23.3. The Morgan fingerprint density at radius 2 is 2.00 bits per heavy atom. The van der Waals surface area contributed by atoms with Gasteiger partial charge in [0.1, 0.15) is 11.1 Å². The maximum atomic E-state index is 12.3. The summed E-state index contributed by atoms with van der Waals surface area (Å²) in [5.74, 6) is -0.509. The van der Waals surface area contributed by atoms with Gasteiger partial charge in [0.05, 0.1) is 0 Å². The number of nitrogens with zero attached hydrogens (tertiary/aromatic N) is 3. The minimum Gasteiger partial charge on any atom is -0.492 e. The van der Waals surface area contributed by atoms with Crippen LogP contribution in [0.1, 0.15) is 6.42 Å². The zero-order valence-corrected chi connectivity index (χ0v) is 15.0. The number of likely N-dealkylation sites (N-methyl/N-ethyl adjacent to an activating group) is 1. The van der Waals surface area contributed by atoms with E-state index in [1.165, 1.54) is 12.1 Å². The van der Waals surface area contributed by atoms with Gasteiger partial charge in [-0.05, 0) is 43.4 Å². The van der Waals surface area contributed by atoms with Gasteiger partial charge in [-0.15, -0.1) is 4.73 Å². The fraction of sp³-hybridized carbons (Fsp3) is 0.333. The van der Waals surface area contributed by atoms with Crippen LogP contribution < -0.4 is 4.84 Å². The van der Waals surface area contributed by atoms with Gasteiger partial charge in [-0.25, -0.2) is 9.78 Å². The molecule has 2 rings (SSSR count). The third-order valence-electron chi connectivity index (χ3n) is 3.13. The van der Waals surface area contributed by atoms with Crippen LogP contribution in [0.5, 0.6) is 11.8 Å². The van der Waals surface area contributed by atoms with Gasteiger partial charge in [0.2, 0.25) is 11.8 Å². The van der Waals surface area contributed by atoms with Crippen molar-refractivity contribution in [2.75, 3.05) is 19.8 Å². The molecule has 130 valence electrons. The molecule has 1 atom stereocenters. The predicted octanol–water partition coefficient (Wildman–Crippen LogP) is 2.01. The van der Waals surface area contributed by atoms with E-state index in [4.69, 9.17) is 4.84 Å². The van der Waals surface area contributed by atoms with E-state index in [1.54, 1.807) is 46.8 Å². The maximum absolute atomic E-state index is 12.3. The normalized spacial score (nSPS) is 12.3. The Balaban J connectivity index is 1.86. The lowest BCUT2D eigenvalue weighted by Crippen LogP contribution is -2.41. The molecule has 0 saturated heterocycles. The Bertz CT molecular complexity index is 644. The lowest BCUT2D eigenvalue weighted by atomic mass is 10.2. The molecule has 0 aliphatic rings. The Hall–Kier alpha value is -1.84. The number of hydrogen-bond acceptors (Lipinski definition) is 8. The molecule has 0 aliphatic carbocycles. The highest BCUT2D eigenvalue weighted by atomic mass is 33.1. The SMILES string of the molecule is CN(C)C(CCSSc1ccccn1)C(=O)On1c(O)ccc1O. The van der Waals surface area contributed by atoms with Gasteiger partial charge in [-0.1, -0.05) is 16.9 Å². The van der Waals surface area contributed by atoms with E-state index in [2.05, 4.69) is 4.98 Å². The number of hydrogen-bond donors (Lipinski definition) is 2. The van der Waals surface area contributed by atoms with E-state index >= 15 is 0 Å². The Morgan fingerprint density at radius 1 is 1.29 bits per heavy atom. The Morgan fingerprint density at radius 3 is 2.58 bits per heavy atom. The molecule has 0 spiro atoms. The minimum absolute atomic E-state index is 0.335. The summed E-state index contributed by atoms with van der Waals surface area (Å²) in [5.41, 5.74) is 0.